The smallest absolute Gasteiger partial charge is 0.0687 e. The van der Waals surface area contributed by atoms with Gasteiger partial charge in [0.05, 0.1) is 11.7 Å². The molecule has 3 nitrogen and oxygen atoms in total. The first kappa shape index (κ1) is 12.3. The molecule has 0 aromatic carbocycles. The topological polar surface area (TPSA) is 49.7 Å². The molecule has 3 heteroatoms. The zero-order chi connectivity index (χ0) is 11.4. The zero-order valence-electron chi connectivity index (χ0n) is 10.0. The van der Waals surface area contributed by atoms with Crippen molar-refractivity contribution in [1.82, 2.24) is 0 Å². The van der Waals surface area contributed by atoms with E-state index in [0.717, 1.165) is 12.8 Å². The molecule has 2 fully saturated rings. The highest BCUT2D eigenvalue weighted by molar-refractivity contribution is 4.91. The number of hydrogen-bond donors (Lipinski definition) is 2. The summed E-state index contributed by atoms with van der Waals surface area (Å²) < 4.78 is 6.20. The van der Waals surface area contributed by atoms with E-state index in [-0.39, 0.29) is 30.8 Å². The highest BCUT2D eigenvalue weighted by atomic mass is 16.5. The number of rotatable bonds is 4. The van der Waals surface area contributed by atoms with Crippen molar-refractivity contribution < 1.29 is 14.9 Å². The third-order valence-electron chi connectivity index (χ3n) is 4.22. The molecule has 1 aliphatic carbocycles. The molecule has 2 rings (SSSR count). The fourth-order valence-corrected chi connectivity index (χ4v) is 3.20. The van der Waals surface area contributed by atoms with Gasteiger partial charge in [-0.1, -0.05) is 19.3 Å². The third kappa shape index (κ3) is 2.76. The molecule has 0 aromatic heterocycles. The van der Waals surface area contributed by atoms with Crippen molar-refractivity contribution >= 4 is 0 Å². The second kappa shape index (κ2) is 5.48. The lowest BCUT2D eigenvalue weighted by atomic mass is 9.83. The van der Waals surface area contributed by atoms with Gasteiger partial charge in [0.2, 0.25) is 0 Å². The second-order valence-electron chi connectivity index (χ2n) is 5.49. The minimum atomic E-state index is 0.00346. The van der Waals surface area contributed by atoms with Crippen LogP contribution in [0.15, 0.2) is 0 Å². The fraction of sp³-hybridized carbons (Fsp3) is 1.00. The summed E-state index contributed by atoms with van der Waals surface area (Å²) in [5.41, 5.74) is 0.165. The van der Waals surface area contributed by atoms with Crippen LogP contribution in [0.5, 0.6) is 0 Å². The summed E-state index contributed by atoms with van der Waals surface area (Å²) in [7, 11) is 0. The van der Waals surface area contributed by atoms with Crippen molar-refractivity contribution in [2.75, 3.05) is 13.2 Å². The van der Waals surface area contributed by atoms with E-state index < -0.39 is 0 Å². The van der Waals surface area contributed by atoms with Crippen LogP contribution >= 0.6 is 0 Å². The van der Waals surface area contributed by atoms with Crippen LogP contribution in [-0.2, 0) is 4.74 Å². The summed E-state index contributed by atoms with van der Waals surface area (Å²) in [5.74, 6) is 0.00346. The van der Waals surface area contributed by atoms with E-state index >= 15 is 0 Å². The van der Waals surface area contributed by atoms with Gasteiger partial charge >= 0.3 is 0 Å². The zero-order valence-corrected chi connectivity index (χ0v) is 10.0. The predicted octanol–water partition coefficient (Wildman–Crippen LogP) is 1.86. The van der Waals surface area contributed by atoms with E-state index in [4.69, 9.17) is 14.9 Å². The maximum absolute atomic E-state index is 9.07. The lowest BCUT2D eigenvalue weighted by Gasteiger charge is -2.33. The van der Waals surface area contributed by atoms with Crippen molar-refractivity contribution in [3.63, 3.8) is 0 Å². The average Bonchev–Trinajstić information content (AvgIpc) is 2.70. The molecule has 0 radical (unpaired) electrons. The number of ether oxygens (including phenoxy) is 1. The van der Waals surface area contributed by atoms with Gasteiger partial charge in [0.1, 0.15) is 0 Å². The standard InChI is InChI=1S/C13H24O3/c14-9-11(10-15)8-12-4-7-13(16-12)5-2-1-3-6-13/h11-12,14-15H,1-10H2. The normalized spacial score (nSPS) is 29.1. The predicted molar refractivity (Wildman–Crippen MR) is 62.2 cm³/mol. The van der Waals surface area contributed by atoms with Crippen LogP contribution in [0.4, 0.5) is 0 Å². The molecular formula is C13H24O3. The molecule has 0 amide bonds. The Hall–Kier alpha value is -0.120. The summed E-state index contributed by atoms with van der Waals surface area (Å²) in [6.07, 6.45) is 9.76. The van der Waals surface area contributed by atoms with Gasteiger partial charge in [-0.15, -0.1) is 0 Å². The van der Waals surface area contributed by atoms with Crippen LogP contribution in [0.3, 0.4) is 0 Å². The maximum atomic E-state index is 9.07. The Kier molecular flexibility index (Phi) is 4.22. The monoisotopic (exact) mass is 228 g/mol. The molecule has 1 saturated heterocycles. The van der Waals surface area contributed by atoms with Gasteiger partial charge in [-0.3, -0.25) is 0 Å². The first-order valence-corrected chi connectivity index (χ1v) is 6.67. The van der Waals surface area contributed by atoms with Crippen LogP contribution < -0.4 is 0 Å². The van der Waals surface area contributed by atoms with Gasteiger partial charge in [0.15, 0.2) is 0 Å². The van der Waals surface area contributed by atoms with Crippen molar-refractivity contribution in [2.24, 2.45) is 5.92 Å². The van der Waals surface area contributed by atoms with E-state index in [1.165, 1.54) is 38.5 Å². The van der Waals surface area contributed by atoms with Gasteiger partial charge in [-0.2, -0.15) is 0 Å². The SMILES string of the molecule is OCC(CO)CC1CCC2(CCCCC2)O1. The van der Waals surface area contributed by atoms with E-state index in [1.807, 2.05) is 0 Å². The van der Waals surface area contributed by atoms with Crippen LogP contribution in [-0.4, -0.2) is 35.1 Å². The van der Waals surface area contributed by atoms with E-state index in [0.29, 0.717) is 0 Å². The molecule has 0 aromatic rings. The van der Waals surface area contributed by atoms with Gasteiger partial charge in [0, 0.05) is 19.1 Å². The quantitative estimate of drug-likeness (QED) is 0.772. The Morgan fingerprint density at radius 2 is 1.75 bits per heavy atom. The van der Waals surface area contributed by atoms with Crippen LogP contribution in [0.2, 0.25) is 0 Å². The summed E-state index contributed by atoms with van der Waals surface area (Å²) >= 11 is 0. The molecule has 1 aliphatic heterocycles. The van der Waals surface area contributed by atoms with Gasteiger partial charge in [-0.05, 0) is 32.1 Å². The lowest BCUT2D eigenvalue weighted by molar-refractivity contribution is -0.0737. The molecule has 1 unspecified atom stereocenters. The Morgan fingerprint density at radius 1 is 1.06 bits per heavy atom. The maximum Gasteiger partial charge on any atom is 0.0687 e. The second-order valence-corrected chi connectivity index (χ2v) is 5.49. The highest BCUT2D eigenvalue weighted by Gasteiger charge is 2.41. The molecule has 1 saturated carbocycles. The molecule has 2 aliphatic rings. The first-order valence-electron chi connectivity index (χ1n) is 6.67. The minimum absolute atomic E-state index is 0.00346. The van der Waals surface area contributed by atoms with Crippen molar-refractivity contribution in [3.05, 3.63) is 0 Å². The summed E-state index contributed by atoms with van der Waals surface area (Å²) in [4.78, 5) is 0. The Labute approximate surface area is 97.8 Å². The van der Waals surface area contributed by atoms with Crippen molar-refractivity contribution in [3.8, 4) is 0 Å². The van der Waals surface area contributed by atoms with E-state index in [2.05, 4.69) is 0 Å². The van der Waals surface area contributed by atoms with Crippen LogP contribution in [0, 0.1) is 5.92 Å². The fourth-order valence-electron chi connectivity index (χ4n) is 3.20. The Morgan fingerprint density at radius 3 is 2.38 bits per heavy atom. The average molecular weight is 228 g/mol. The molecular weight excluding hydrogens is 204 g/mol. The molecule has 1 spiro atoms. The van der Waals surface area contributed by atoms with Crippen molar-refractivity contribution in [2.45, 2.75) is 63.1 Å². The van der Waals surface area contributed by atoms with Crippen LogP contribution in [0.25, 0.3) is 0 Å². The van der Waals surface area contributed by atoms with Gasteiger partial charge < -0.3 is 14.9 Å². The summed E-state index contributed by atoms with van der Waals surface area (Å²) in [6, 6.07) is 0. The molecule has 1 atom stereocenters. The lowest BCUT2D eigenvalue weighted by Crippen LogP contribution is -2.32. The molecule has 0 bridgehead atoms. The highest BCUT2D eigenvalue weighted by Crippen LogP contribution is 2.43. The van der Waals surface area contributed by atoms with E-state index in [9.17, 15) is 0 Å². The summed E-state index contributed by atoms with van der Waals surface area (Å²) in [6.45, 7) is 0.146. The van der Waals surface area contributed by atoms with Gasteiger partial charge in [-0.25, -0.2) is 0 Å². The Bertz CT molecular complexity index is 207. The number of hydrogen-bond acceptors (Lipinski definition) is 3. The molecule has 94 valence electrons. The Balaban J connectivity index is 1.82. The minimum Gasteiger partial charge on any atom is -0.396 e. The number of aliphatic hydroxyl groups excluding tert-OH is 2. The van der Waals surface area contributed by atoms with Crippen molar-refractivity contribution in [1.29, 1.82) is 0 Å². The molecule has 2 N–H and O–H groups in total. The number of aliphatic hydroxyl groups is 2. The van der Waals surface area contributed by atoms with E-state index in [1.54, 1.807) is 0 Å². The molecule has 1 heterocycles. The summed E-state index contributed by atoms with van der Waals surface area (Å²) in [5, 5.41) is 18.1. The van der Waals surface area contributed by atoms with Gasteiger partial charge in [0.25, 0.3) is 0 Å². The third-order valence-corrected chi connectivity index (χ3v) is 4.22. The van der Waals surface area contributed by atoms with Crippen LogP contribution in [0.1, 0.15) is 51.4 Å². The largest absolute Gasteiger partial charge is 0.396 e. The molecule has 16 heavy (non-hydrogen) atoms. The first-order chi connectivity index (χ1) is 7.78.